The number of nitrogens with two attached hydrogens (primary N) is 2. The molecule has 2 unspecified atom stereocenters. The van der Waals surface area contributed by atoms with Crippen LogP contribution in [0.4, 0.5) is 29.5 Å². The molecule has 0 aliphatic carbocycles. The third kappa shape index (κ3) is 15.2. The summed E-state index contributed by atoms with van der Waals surface area (Å²) >= 11 is 0. The van der Waals surface area contributed by atoms with Gasteiger partial charge < -0.3 is 61.5 Å². The summed E-state index contributed by atoms with van der Waals surface area (Å²) in [6.07, 6.45) is 1.63. The van der Waals surface area contributed by atoms with Crippen molar-refractivity contribution >= 4 is 49.4 Å². The van der Waals surface area contributed by atoms with E-state index in [1.807, 2.05) is 0 Å². The van der Waals surface area contributed by atoms with E-state index in [2.05, 4.69) is 29.9 Å². The minimum atomic E-state index is -4.14. The summed E-state index contributed by atoms with van der Waals surface area (Å²) in [5.74, 6) is -4.90. The van der Waals surface area contributed by atoms with Gasteiger partial charge in [0.25, 0.3) is 11.1 Å². The van der Waals surface area contributed by atoms with Crippen LogP contribution in [0.1, 0.15) is 33.8 Å². The molecule has 10 rings (SSSR count). The average Bonchev–Trinajstić information content (AvgIpc) is 3.98. The lowest BCUT2D eigenvalue weighted by molar-refractivity contribution is 0.114. The predicted octanol–water partition coefficient (Wildman–Crippen LogP) is 8.21. The summed E-state index contributed by atoms with van der Waals surface area (Å²) in [4.78, 5) is 68.6. The molecule has 27 nitrogen and oxygen atoms in total. The number of aromatic nitrogens is 8. The number of ether oxygens (including phenoxy) is 3. The van der Waals surface area contributed by atoms with Gasteiger partial charge in [-0.05, 0) is 84.6 Å². The Morgan fingerprint density at radius 1 is 0.558 bits per heavy atom. The number of nitrogen functional groups attached to an aromatic ring is 2. The Bertz CT molecular complexity index is 4410. The van der Waals surface area contributed by atoms with Crippen LogP contribution in [0, 0.1) is 37.1 Å². The van der Waals surface area contributed by atoms with Crippen LogP contribution in [0.3, 0.4) is 0 Å². The Labute approximate surface area is 480 Å². The number of nitrogens with zero attached hydrogens (tertiary/aromatic N) is 6. The van der Waals surface area contributed by atoms with Crippen LogP contribution >= 0.6 is 15.2 Å². The van der Waals surface area contributed by atoms with Crippen molar-refractivity contribution in [1.82, 2.24) is 39.0 Å². The Morgan fingerprint density at radius 2 is 1.00 bits per heavy atom. The molecule has 0 aliphatic heterocycles. The summed E-state index contributed by atoms with van der Waals surface area (Å²) in [7, 11) is -6.91. The number of halogens is 4. The van der Waals surface area contributed by atoms with Crippen LogP contribution < -0.4 is 39.0 Å². The predicted molar refractivity (Wildman–Crippen MR) is 295 cm³/mol. The summed E-state index contributed by atoms with van der Waals surface area (Å²) in [5, 5.41) is 0. The van der Waals surface area contributed by atoms with Gasteiger partial charge in [-0.3, -0.25) is 37.7 Å². The first-order valence-corrected chi connectivity index (χ1v) is 28.8. The van der Waals surface area contributed by atoms with Gasteiger partial charge in [0.1, 0.15) is 43.4 Å². The third-order valence-electron chi connectivity index (χ3n) is 12.4. The van der Waals surface area contributed by atoms with Crippen LogP contribution in [0.5, 0.6) is 5.75 Å². The molecule has 33 heteroatoms. The fourth-order valence-corrected chi connectivity index (χ4v) is 10.4. The quantitative estimate of drug-likeness (QED) is 0.0238. The zero-order valence-corrected chi connectivity index (χ0v) is 47.2. The number of nitrogens with one attached hydrogen (secondary N) is 2. The van der Waals surface area contributed by atoms with Gasteiger partial charge in [-0.15, -0.1) is 0 Å². The van der Waals surface area contributed by atoms with Gasteiger partial charge in [-0.25, -0.2) is 37.1 Å². The molecule has 0 saturated carbocycles. The first-order chi connectivity index (χ1) is 41.1. The molecule has 86 heavy (non-hydrogen) atoms. The number of aryl methyl sites for hydroxylation is 2. The zero-order valence-electron chi connectivity index (χ0n) is 45.4. The molecule has 0 spiro atoms. The lowest BCUT2D eigenvalue weighted by atomic mass is 10.1. The summed E-state index contributed by atoms with van der Waals surface area (Å²) in [6.45, 7) is 1.64. The normalized spacial score (nSPS) is 13.0. The highest BCUT2D eigenvalue weighted by molar-refractivity contribution is 7.53. The van der Waals surface area contributed by atoms with E-state index in [1.165, 1.54) is 83.5 Å². The number of hydrogen-bond acceptors (Lipinski definition) is 23. The second-order valence-electron chi connectivity index (χ2n) is 18.4. The monoisotopic (exact) mass is 1240 g/mol. The minimum Gasteiger partial charge on any atom is -0.494 e. The maximum atomic E-state index is 14.2. The maximum Gasteiger partial charge on any atom is 0.519 e. The molecule has 0 bridgehead atoms. The Balaban J connectivity index is 0.000000206. The summed E-state index contributed by atoms with van der Waals surface area (Å²) in [5.41, 5.74) is 12.9. The lowest BCUT2D eigenvalue weighted by Gasteiger charge is -2.19. The van der Waals surface area contributed by atoms with Gasteiger partial charge in [0.05, 0.1) is 46.2 Å². The van der Waals surface area contributed by atoms with Crippen LogP contribution in [-0.4, -0.2) is 72.1 Å². The first kappa shape index (κ1) is 61.5. The Morgan fingerprint density at radius 3 is 1.48 bits per heavy atom. The number of rotatable bonds is 25. The molecule has 0 radical (unpaired) electrons. The van der Waals surface area contributed by atoms with Crippen molar-refractivity contribution < 1.29 is 76.7 Å². The van der Waals surface area contributed by atoms with Gasteiger partial charge in [0, 0.05) is 24.2 Å². The summed E-state index contributed by atoms with van der Waals surface area (Å²) < 4.78 is 145. The lowest BCUT2D eigenvalue weighted by Crippen LogP contribution is -2.13. The van der Waals surface area contributed by atoms with Crippen molar-refractivity contribution in [1.29, 1.82) is 0 Å². The van der Waals surface area contributed by atoms with E-state index in [-0.39, 0.29) is 108 Å². The molecule has 452 valence electrons. The smallest absolute Gasteiger partial charge is 0.494 e. The van der Waals surface area contributed by atoms with E-state index in [0.717, 1.165) is 12.1 Å². The number of methoxy groups -OCH3 is 1. The Kier molecular flexibility index (Phi) is 19.2. The second kappa shape index (κ2) is 26.9. The van der Waals surface area contributed by atoms with Gasteiger partial charge in [-0.1, -0.05) is 30.3 Å². The number of H-pyrrole nitrogens is 2. The zero-order chi connectivity index (χ0) is 61.3. The van der Waals surface area contributed by atoms with Crippen molar-refractivity contribution in [2.24, 2.45) is 0 Å². The fourth-order valence-electron chi connectivity index (χ4n) is 7.94. The summed E-state index contributed by atoms with van der Waals surface area (Å²) in [6, 6.07) is 17.7. The van der Waals surface area contributed by atoms with Crippen molar-refractivity contribution in [2.45, 2.75) is 53.4 Å². The van der Waals surface area contributed by atoms with Crippen molar-refractivity contribution in [3.8, 4) is 28.4 Å². The molecule has 0 amide bonds. The fraction of sp³-hybridized carbons (Fsp3) is 0.245. The Hall–Kier alpha value is -9.06. The van der Waals surface area contributed by atoms with Crippen LogP contribution in [0.25, 0.3) is 45.0 Å². The minimum absolute atomic E-state index is 0.0110. The van der Waals surface area contributed by atoms with Gasteiger partial charge in [-0.2, -0.15) is 9.97 Å². The van der Waals surface area contributed by atoms with E-state index in [4.69, 9.17) is 61.4 Å². The van der Waals surface area contributed by atoms with E-state index in [0.29, 0.717) is 27.8 Å². The second-order valence-corrected chi connectivity index (χ2v) is 22.4. The van der Waals surface area contributed by atoms with E-state index >= 15 is 0 Å². The largest absolute Gasteiger partial charge is 0.519 e. The SMILES string of the molecule is COc1ccc(COP(=O)(COCCn2cnc3c(=O)[nH]c(N)nc32)OCc2oc(=O)oc2-c2ccc(C)c(F)c2)cc1F.Cc1ccc(COP(=O)(COCCn2cnc3c(=O)[nH]c(N)nc32)OCc2oc(=O)oc2-c2ccc(F)cc2)cc1F. The molecule has 0 fully saturated rings. The highest BCUT2D eigenvalue weighted by Crippen LogP contribution is 2.51. The highest BCUT2D eigenvalue weighted by Gasteiger charge is 2.31. The van der Waals surface area contributed by atoms with Crippen LogP contribution in [-0.2, 0) is 76.2 Å². The molecular weight excluding hydrogens is 1190 g/mol. The number of anilines is 2. The number of fused-ring (bicyclic) bond motifs is 2. The van der Waals surface area contributed by atoms with E-state index in [9.17, 15) is 45.9 Å². The topological polar surface area (TPSA) is 365 Å². The van der Waals surface area contributed by atoms with Gasteiger partial charge in [0.2, 0.25) is 11.9 Å². The number of benzene rings is 4. The molecule has 10 aromatic rings. The van der Waals surface area contributed by atoms with E-state index in [1.54, 1.807) is 26.0 Å². The highest BCUT2D eigenvalue weighted by atomic mass is 31.2. The van der Waals surface area contributed by atoms with Crippen LogP contribution in [0.15, 0.2) is 128 Å². The van der Waals surface area contributed by atoms with Crippen molar-refractivity contribution in [2.75, 3.05) is 44.5 Å². The number of aromatic amines is 2. The first-order valence-electron chi connectivity index (χ1n) is 25.3. The standard InChI is InChI=1S/C27H26F2N5O9P.C26H24F2N5O8P/c1-15-3-5-17(10-18(15)28)23-21(42-27(36)43-23)12-41-44(37,40-11-16-4-6-20(38-2)19(29)9-16)14-39-8-7-34-13-31-22-24(34)32-26(30)33-25(22)35;1-15-2-3-16(10-19(15)28)11-38-42(36,14-37-9-8-33-13-30-21-23(33)31-25(29)32-24(21)34)39-12-20-22(41-26(35)40-20)17-4-6-18(27)7-5-17/h3-6,9-10,13H,7-8,11-12,14H2,1-2H3,(H3,30,32,33,35);2-7,10,13H,8-9,11-12,14H2,1H3,(H3,29,31,32,34). The van der Waals surface area contributed by atoms with E-state index < -0.39 is 87.1 Å². The molecule has 4 aromatic carbocycles. The molecule has 2 atom stereocenters. The molecule has 6 aromatic heterocycles. The van der Waals surface area contributed by atoms with Crippen molar-refractivity contribution in [3.63, 3.8) is 0 Å². The van der Waals surface area contributed by atoms with Crippen molar-refractivity contribution in [3.05, 3.63) is 191 Å². The number of hydrogen-bond donors (Lipinski definition) is 4. The molecule has 0 saturated heterocycles. The average molecular weight is 1240 g/mol. The molecule has 6 N–H and O–H groups in total. The molecule has 6 heterocycles. The number of imidazole rings is 2. The molecular formula is C53H50F4N10O17P2. The van der Waals surface area contributed by atoms with Crippen LogP contribution in [0.2, 0.25) is 0 Å². The maximum absolute atomic E-state index is 14.2. The van der Waals surface area contributed by atoms with Gasteiger partial charge >= 0.3 is 26.8 Å². The van der Waals surface area contributed by atoms with Gasteiger partial charge in [0.15, 0.2) is 56.9 Å². The third-order valence-corrected chi connectivity index (χ3v) is 15.4. The molecule has 0 aliphatic rings.